The molecule has 0 saturated heterocycles. The molecule has 1 unspecified atom stereocenters. The first-order valence-electron chi connectivity index (χ1n) is 6.40. The number of carboxylic acid groups (broad SMARTS) is 1. The lowest BCUT2D eigenvalue weighted by Gasteiger charge is -2.16. The molecule has 1 aromatic rings. The van der Waals surface area contributed by atoms with Crippen LogP contribution in [0.2, 0.25) is 0 Å². The van der Waals surface area contributed by atoms with E-state index in [1.165, 1.54) is 12.1 Å². The zero-order valence-electron chi connectivity index (χ0n) is 11.5. The number of amides is 2. The molecule has 5 nitrogen and oxygen atoms in total. The van der Waals surface area contributed by atoms with Crippen molar-refractivity contribution in [2.45, 2.75) is 32.9 Å². The Labute approximate surface area is 117 Å². The lowest BCUT2D eigenvalue weighted by molar-refractivity contribution is -0.139. The number of rotatable bonds is 6. The minimum atomic E-state index is -1.07. The maximum Gasteiger partial charge on any atom is 0.326 e. The summed E-state index contributed by atoms with van der Waals surface area (Å²) in [5.41, 5.74) is 0.607. The number of carboxylic acids is 1. The molecule has 3 N–H and O–H groups in total. The van der Waals surface area contributed by atoms with Crippen LogP contribution in [-0.2, 0) is 11.3 Å². The lowest BCUT2D eigenvalue weighted by atomic mass is 10.0. The van der Waals surface area contributed by atoms with Gasteiger partial charge in [-0.2, -0.15) is 0 Å². The predicted molar refractivity (Wildman–Crippen MR) is 72.7 cm³/mol. The number of hydrogen-bond acceptors (Lipinski definition) is 2. The molecule has 2 amide bonds. The van der Waals surface area contributed by atoms with Crippen LogP contribution >= 0.6 is 0 Å². The highest BCUT2D eigenvalue weighted by Gasteiger charge is 2.20. The van der Waals surface area contributed by atoms with Crippen molar-refractivity contribution in [2.75, 3.05) is 0 Å². The monoisotopic (exact) mass is 282 g/mol. The highest BCUT2D eigenvalue weighted by molar-refractivity contribution is 5.82. The Balaban J connectivity index is 2.47. The SMILES string of the molecule is CC(C)CC(NC(=O)NCc1cccc(F)c1)C(=O)O. The molecule has 0 spiro atoms. The molecular weight excluding hydrogens is 263 g/mol. The molecule has 0 radical (unpaired) electrons. The highest BCUT2D eigenvalue weighted by Crippen LogP contribution is 2.05. The smallest absolute Gasteiger partial charge is 0.326 e. The van der Waals surface area contributed by atoms with Crippen LogP contribution in [0.4, 0.5) is 9.18 Å². The van der Waals surface area contributed by atoms with Crippen molar-refractivity contribution in [3.63, 3.8) is 0 Å². The molecule has 1 aromatic carbocycles. The maximum absolute atomic E-state index is 12.9. The van der Waals surface area contributed by atoms with Crippen LogP contribution in [-0.4, -0.2) is 23.1 Å². The van der Waals surface area contributed by atoms with Crippen LogP contribution in [0, 0.1) is 11.7 Å². The second kappa shape index (κ2) is 7.47. The maximum atomic E-state index is 12.9. The van der Waals surface area contributed by atoms with Gasteiger partial charge in [-0.15, -0.1) is 0 Å². The number of urea groups is 1. The molecule has 0 heterocycles. The van der Waals surface area contributed by atoms with Gasteiger partial charge in [-0.05, 0) is 30.0 Å². The molecule has 0 saturated carbocycles. The van der Waals surface area contributed by atoms with Gasteiger partial charge < -0.3 is 15.7 Å². The van der Waals surface area contributed by atoms with Crippen molar-refractivity contribution in [1.82, 2.24) is 10.6 Å². The van der Waals surface area contributed by atoms with Gasteiger partial charge in [0.2, 0.25) is 0 Å². The molecule has 0 bridgehead atoms. The van der Waals surface area contributed by atoms with Crippen LogP contribution in [0.15, 0.2) is 24.3 Å². The zero-order valence-corrected chi connectivity index (χ0v) is 11.5. The van der Waals surface area contributed by atoms with E-state index in [0.29, 0.717) is 12.0 Å². The minimum Gasteiger partial charge on any atom is -0.480 e. The molecule has 0 aromatic heterocycles. The molecule has 0 aliphatic carbocycles. The number of aliphatic carboxylic acids is 1. The van der Waals surface area contributed by atoms with Gasteiger partial charge in [-0.25, -0.2) is 14.0 Å². The molecular formula is C14H19FN2O3. The number of hydrogen-bond donors (Lipinski definition) is 3. The van der Waals surface area contributed by atoms with Crippen molar-refractivity contribution < 1.29 is 19.1 Å². The normalized spacial score (nSPS) is 12.0. The van der Waals surface area contributed by atoms with E-state index in [1.54, 1.807) is 12.1 Å². The Morgan fingerprint density at radius 1 is 1.35 bits per heavy atom. The predicted octanol–water partition coefficient (Wildman–Crippen LogP) is 2.12. The van der Waals surface area contributed by atoms with Crippen molar-refractivity contribution in [3.05, 3.63) is 35.6 Å². The van der Waals surface area contributed by atoms with Crippen molar-refractivity contribution in [1.29, 1.82) is 0 Å². The van der Waals surface area contributed by atoms with E-state index in [1.807, 2.05) is 13.8 Å². The zero-order chi connectivity index (χ0) is 15.1. The fourth-order valence-electron chi connectivity index (χ4n) is 1.73. The van der Waals surface area contributed by atoms with Gasteiger partial charge in [0.25, 0.3) is 0 Å². The van der Waals surface area contributed by atoms with E-state index in [4.69, 9.17) is 5.11 Å². The number of benzene rings is 1. The van der Waals surface area contributed by atoms with Crippen LogP contribution in [0.1, 0.15) is 25.8 Å². The van der Waals surface area contributed by atoms with Gasteiger partial charge in [-0.1, -0.05) is 26.0 Å². The average molecular weight is 282 g/mol. The molecule has 6 heteroatoms. The molecule has 110 valence electrons. The summed E-state index contributed by atoms with van der Waals surface area (Å²) in [7, 11) is 0. The quantitative estimate of drug-likeness (QED) is 0.748. The molecule has 0 aliphatic rings. The minimum absolute atomic E-state index is 0.137. The summed E-state index contributed by atoms with van der Waals surface area (Å²) in [4.78, 5) is 22.6. The number of carbonyl (C=O) groups is 2. The second-order valence-electron chi connectivity index (χ2n) is 4.98. The number of halogens is 1. The standard InChI is InChI=1S/C14H19FN2O3/c1-9(2)6-12(13(18)19)17-14(20)16-8-10-4-3-5-11(15)7-10/h3-5,7,9,12H,6,8H2,1-2H3,(H,18,19)(H2,16,17,20). The molecule has 1 rings (SSSR count). The lowest BCUT2D eigenvalue weighted by Crippen LogP contribution is -2.46. The fourth-order valence-corrected chi connectivity index (χ4v) is 1.73. The average Bonchev–Trinajstić information content (AvgIpc) is 2.35. The molecule has 20 heavy (non-hydrogen) atoms. The van der Waals surface area contributed by atoms with Gasteiger partial charge in [0, 0.05) is 6.54 Å². The summed E-state index contributed by atoms with van der Waals surface area (Å²) in [5.74, 6) is -1.30. The van der Waals surface area contributed by atoms with E-state index < -0.39 is 18.0 Å². The Kier molecular flexibility index (Phi) is 5.96. The summed E-state index contributed by atoms with van der Waals surface area (Å²) < 4.78 is 12.9. The van der Waals surface area contributed by atoms with Crippen LogP contribution in [0.25, 0.3) is 0 Å². The van der Waals surface area contributed by atoms with Gasteiger partial charge >= 0.3 is 12.0 Å². The van der Waals surface area contributed by atoms with Crippen LogP contribution in [0.5, 0.6) is 0 Å². The Morgan fingerprint density at radius 2 is 2.05 bits per heavy atom. The third-order valence-corrected chi connectivity index (χ3v) is 2.65. The molecule has 0 aliphatic heterocycles. The van der Waals surface area contributed by atoms with E-state index in [0.717, 1.165) is 0 Å². The second-order valence-corrected chi connectivity index (χ2v) is 4.98. The van der Waals surface area contributed by atoms with Crippen LogP contribution in [0.3, 0.4) is 0 Å². The van der Waals surface area contributed by atoms with Crippen molar-refractivity contribution in [3.8, 4) is 0 Å². The number of nitrogens with one attached hydrogen (secondary N) is 2. The summed E-state index contributed by atoms with van der Waals surface area (Å²) in [6.45, 7) is 3.89. The van der Waals surface area contributed by atoms with Crippen molar-refractivity contribution in [2.24, 2.45) is 5.92 Å². The van der Waals surface area contributed by atoms with E-state index >= 15 is 0 Å². The molecule has 1 atom stereocenters. The van der Waals surface area contributed by atoms with Gasteiger partial charge in [0.15, 0.2) is 0 Å². The molecule has 0 fully saturated rings. The summed E-state index contributed by atoms with van der Waals surface area (Å²) >= 11 is 0. The topological polar surface area (TPSA) is 78.4 Å². The van der Waals surface area contributed by atoms with Crippen molar-refractivity contribution >= 4 is 12.0 Å². The van der Waals surface area contributed by atoms with Crippen LogP contribution < -0.4 is 10.6 Å². The first-order chi connectivity index (χ1) is 9.38. The largest absolute Gasteiger partial charge is 0.480 e. The van der Waals surface area contributed by atoms with Gasteiger partial charge in [0.1, 0.15) is 11.9 Å². The first kappa shape index (κ1) is 15.9. The Morgan fingerprint density at radius 3 is 2.60 bits per heavy atom. The summed E-state index contributed by atoms with van der Waals surface area (Å²) in [5, 5.41) is 13.9. The highest BCUT2D eigenvalue weighted by atomic mass is 19.1. The third kappa shape index (κ3) is 5.69. The number of carbonyl (C=O) groups excluding carboxylic acids is 1. The first-order valence-corrected chi connectivity index (χ1v) is 6.40. The van der Waals surface area contributed by atoms with Gasteiger partial charge in [-0.3, -0.25) is 0 Å². The van der Waals surface area contributed by atoms with E-state index in [9.17, 15) is 14.0 Å². The van der Waals surface area contributed by atoms with Gasteiger partial charge in [0.05, 0.1) is 0 Å². The third-order valence-electron chi connectivity index (χ3n) is 2.65. The Bertz CT molecular complexity index is 477. The van der Waals surface area contributed by atoms with E-state index in [-0.39, 0.29) is 18.3 Å². The summed E-state index contributed by atoms with van der Waals surface area (Å²) in [6.07, 6.45) is 0.350. The van der Waals surface area contributed by atoms with E-state index in [2.05, 4.69) is 10.6 Å². The fraction of sp³-hybridized carbons (Fsp3) is 0.429. The summed E-state index contributed by atoms with van der Waals surface area (Å²) in [6, 6.07) is 4.33. The Hall–Kier alpha value is -2.11.